The van der Waals surface area contributed by atoms with E-state index in [2.05, 4.69) is 15.6 Å². The van der Waals surface area contributed by atoms with Crippen LogP contribution in [-0.2, 0) is 18.3 Å². The molecule has 1 aliphatic rings. The summed E-state index contributed by atoms with van der Waals surface area (Å²) in [5.41, 5.74) is -0.389. The highest BCUT2D eigenvalue weighted by Crippen LogP contribution is 2.18. The molecule has 1 unspecified atom stereocenters. The van der Waals surface area contributed by atoms with Gasteiger partial charge in [0.2, 0.25) is 5.91 Å². The van der Waals surface area contributed by atoms with E-state index in [4.69, 9.17) is 0 Å². The van der Waals surface area contributed by atoms with E-state index < -0.39 is 0 Å². The summed E-state index contributed by atoms with van der Waals surface area (Å²) in [6.45, 7) is 3.56. The number of amides is 1. The Morgan fingerprint density at radius 3 is 3.06 bits per heavy atom. The second kappa shape index (κ2) is 5.52. The Hall–Kier alpha value is -1.36. The number of aromatic nitrogens is 2. The molecule has 18 heavy (non-hydrogen) atoms. The lowest BCUT2D eigenvalue weighted by Gasteiger charge is -2.33. The van der Waals surface area contributed by atoms with Crippen LogP contribution in [0.5, 0.6) is 0 Å². The molecule has 1 saturated heterocycles. The number of nitrogens with zero attached hydrogens (tertiary/aromatic N) is 2. The first-order valence-electron chi connectivity index (χ1n) is 6.61. The molecule has 2 N–H and O–H groups in total. The Labute approximate surface area is 108 Å². The van der Waals surface area contributed by atoms with E-state index in [9.17, 15) is 4.79 Å². The minimum absolute atomic E-state index is 0.108. The standard InChI is InChI=1S/C13H22N4O/c1-13(6-3-4-7-16-13)12(18)15-8-5-11-14-9-10-17(11)2/h9-10,16H,3-8H2,1-2H3,(H,15,18). The summed E-state index contributed by atoms with van der Waals surface area (Å²) in [7, 11) is 1.97. The Morgan fingerprint density at radius 2 is 2.44 bits per heavy atom. The summed E-state index contributed by atoms with van der Waals surface area (Å²) in [5, 5.41) is 6.32. The maximum absolute atomic E-state index is 12.1. The average molecular weight is 250 g/mol. The molecule has 0 spiro atoms. The molecular formula is C13H22N4O. The third-order valence-corrected chi connectivity index (χ3v) is 3.67. The van der Waals surface area contributed by atoms with Crippen molar-refractivity contribution in [1.29, 1.82) is 0 Å². The van der Waals surface area contributed by atoms with E-state index in [0.717, 1.165) is 38.1 Å². The predicted molar refractivity (Wildman–Crippen MR) is 70.2 cm³/mol. The molecule has 0 aliphatic carbocycles. The lowest BCUT2D eigenvalue weighted by atomic mass is 9.90. The van der Waals surface area contributed by atoms with Crippen molar-refractivity contribution in [1.82, 2.24) is 20.2 Å². The van der Waals surface area contributed by atoms with Gasteiger partial charge in [0.15, 0.2) is 0 Å². The van der Waals surface area contributed by atoms with Crippen LogP contribution in [0.25, 0.3) is 0 Å². The largest absolute Gasteiger partial charge is 0.354 e. The molecular weight excluding hydrogens is 228 g/mol. The minimum Gasteiger partial charge on any atom is -0.354 e. The molecule has 5 heteroatoms. The van der Waals surface area contributed by atoms with Crippen LogP contribution in [0.1, 0.15) is 32.0 Å². The van der Waals surface area contributed by atoms with Crippen molar-refractivity contribution in [3.05, 3.63) is 18.2 Å². The van der Waals surface area contributed by atoms with E-state index >= 15 is 0 Å². The van der Waals surface area contributed by atoms with Crippen LogP contribution in [0.4, 0.5) is 0 Å². The first-order valence-corrected chi connectivity index (χ1v) is 6.61. The molecule has 0 aromatic carbocycles. The van der Waals surface area contributed by atoms with Crippen LogP contribution in [0.15, 0.2) is 12.4 Å². The van der Waals surface area contributed by atoms with E-state index in [-0.39, 0.29) is 11.4 Å². The van der Waals surface area contributed by atoms with Crippen molar-refractivity contribution in [2.75, 3.05) is 13.1 Å². The van der Waals surface area contributed by atoms with Crippen LogP contribution in [0, 0.1) is 0 Å². The van der Waals surface area contributed by atoms with Gasteiger partial charge in [-0.25, -0.2) is 4.98 Å². The summed E-state index contributed by atoms with van der Waals surface area (Å²) in [6.07, 6.45) is 7.67. The fraction of sp³-hybridized carbons (Fsp3) is 0.692. The van der Waals surface area contributed by atoms with Crippen LogP contribution < -0.4 is 10.6 Å². The van der Waals surface area contributed by atoms with Gasteiger partial charge in [-0.3, -0.25) is 4.79 Å². The number of aryl methyl sites for hydroxylation is 1. The Balaban J connectivity index is 1.79. The van der Waals surface area contributed by atoms with Crippen molar-refractivity contribution in [2.24, 2.45) is 7.05 Å². The molecule has 0 saturated carbocycles. The molecule has 5 nitrogen and oxygen atoms in total. The van der Waals surface area contributed by atoms with Gasteiger partial charge in [-0.15, -0.1) is 0 Å². The van der Waals surface area contributed by atoms with Gasteiger partial charge in [-0.05, 0) is 32.7 Å². The second-order valence-electron chi connectivity index (χ2n) is 5.18. The Bertz CT molecular complexity index is 407. The van der Waals surface area contributed by atoms with Crippen LogP contribution in [0.2, 0.25) is 0 Å². The van der Waals surface area contributed by atoms with Gasteiger partial charge < -0.3 is 15.2 Å². The molecule has 2 rings (SSSR count). The van der Waals surface area contributed by atoms with Crippen molar-refractivity contribution in [3.8, 4) is 0 Å². The van der Waals surface area contributed by atoms with Gasteiger partial charge in [-0.1, -0.05) is 0 Å². The predicted octanol–water partition coefficient (Wildman–Crippen LogP) is 0.611. The number of hydrogen-bond acceptors (Lipinski definition) is 3. The van der Waals surface area contributed by atoms with Gasteiger partial charge in [-0.2, -0.15) is 0 Å². The molecule has 1 atom stereocenters. The zero-order valence-electron chi connectivity index (χ0n) is 11.2. The molecule has 1 aromatic heterocycles. The van der Waals surface area contributed by atoms with Crippen LogP contribution >= 0.6 is 0 Å². The summed E-state index contributed by atoms with van der Waals surface area (Å²) in [4.78, 5) is 16.4. The van der Waals surface area contributed by atoms with Crippen molar-refractivity contribution in [3.63, 3.8) is 0 Å². The molecule has 1 fully saturated rings. The van der Waals surface area contributed by atoms with Gasteiger partial charge in [0.05, 0.1) is 5.54 Å². The second-order valence-corrected chi connectivity index (χ2v) is 5.18. The molecule has 0 bridgehead atoms. The van der Waals surface area contributed by atoms with Crippen molar-refractivity contribution >= 4 is 5.91 Å². The fourth-order valence-electron chi connectivity index (χ4n) is 2.37. The van der Waals surface area contributed by atoms with E-state index in [0.29, 0.717) is 6.54 Å². The van der Waals surface area contributed by atoms with Crippen LogP contribution in [-0.4, -0.2) is 34.1 Å². The first kappa shape index (κ1) is 13.1. The third kappa shape index (κ3) is 2.90. The maximum atomic E-state index is 12.1. The number of carbonyl (C=O) groups excluding carboxylic acids is 1. The summed E-state index contributed by atoms with van der Waals surface area (Å²) < 4.78 is 1.98. The smallest absolute Gasteiger partial charge is 0.240 e. The first-order chi connectivity index (χ1) is 8.62. The topological polar surface area (TPSA) is 59.0 Å². The SMILES string of the molecule is Cn1ccnc1CCNC(=O)C1(C)CCCCN1. The molecule has 1 aromatic rings. The Kier molecular flexibility index (Phi) is 4.01. The number of nitrogens with one attached hydrogen (secondary N) is 2. The molecule has 1 amide bonds. The van der Waals surface area contributed by atoms with Gasteiger partial charge in [0, 0.05) is 32.4 Å². The maximum Gasteiger partial charge on any atom is 0.240 e. The normalized spacial score (nSPS) is 23.9. The van der Waals surface area contributed by atoms with Crippen molar-refractivity contribution < 1.29 is 4.79 Å². The Morgan fingerprint density at radius 1 is 1.61 bits per heavy atom. The number of piperidine rings is 1. The highest BCUT2D eigenvalue weighted by Gasteiger charge is 2.33. The fourth-order valence-corrected chi connectivity index (χ4v) is 2.37. The number of carbonyl (C=O) groups is 1. The summed E-state index contributed by atoms with van der Waals surface area (Å²) in [5.74, 6) is 1.11. The molecule has 100 valence electrons. The quantitative estimate of drug-likeness (QED) is 0.823. The number of rotatable bonds is 4. The number of imidazole rings is 1. The van der Waals surface area contributed by atoms with Crippen molar-refractivity contribution in [2.45, 2.75) is 38.1 Å². The molecule has 2 heterocycles. The monoisotopic (exact) mass is 250 g/mol. The average Bonchev–Trinajstić information content (AvgIpc) is 2.76. The third-order valence-electron chi connectivity index (χ3n) is 3.67. The highest BCUT2D eigenvalue weighted by atomic mass is 16.2. The highest BCUT2D eigenvalue weighted by molar-refractivity contribution is 5.85. The molecule has 1 aliphatic heterocycles. The lowest BCUT2D eigenvalue weighted by molar-refractivity contribution is -0.127. The van der Waals surface area contributed by atoms with E-state index in [1.807, 2.05) is 24.7 Å². The van der Waals surface area contributed by atoms with Gasteiger partial charge in [0.25, 0.3) is 0 Å². The number of hydrogen-bond donors (Lipinski definition) is 2. The minimum atomic E-state index is -0.389. The molecule has 0 radical (unpaired) electrons. The summed E-state index contributed by atoms with van der Waals surface area (Å²) >= 11 is 0. The zero-order chi connectivity index (χ0) is 13.0. The van der Waals surface area contributed by atoms with Gasteiger partial charge >= 0.3 is 0 Å². The van der Waals surface area contributed by atoms with Crippen LogP contribution in [0.3, 0.4) is 0 Å². The van der Waals surface area contributed by atoms with Gasteiger partial charge in [0.1, 0.15) is 5.82 Å². The lowest BCUT2D eigenvalue weighted by Crippen LogP contribution is -2.57. The summed E-state index contributed by atoms with van der Waals surface area (Å²) in [6, 6.07) is 0. The zero-order valence-corrected chi connectivity index (χ0v) is 11.2. The van der Waals surface area contributed by atoms with E-state index in [1.165, 1.54) is 0 Å². The van der Waals surface area contributed by atoms with E-state index in [1.54, 1.807) is 6.20 Å².